The maximum absolute atomic E-state index is 7.27. The van der Waals surface area contributed by atoms with Gasteiger partial charge in [-0.3, -0.25) is 10.4 Å². The van der Waals surface area contributed by atoms with Gasteiger partial charge < -0.3 is 22.1 Å². The van der Waals surface area contributed by atoms with Crippen molar-refractivity contribution in [1.29, 1.82) is 5.41 Å². The second kappa shape index (κ2) is 21.1. The van der Waals surface area contributed by atoms with E-state index in [9.17, 15) is 0 Å². The summed E-state index contributed by atoms with van der Waals surface area (Å²) in [6.45, 7) is 2.09. The number of nitrogens with two attached hydrogens (primary N) is 2. The lowest BCUT2D eigenvalue weighted by Gasteiger charge is -2.10. The molecule has 0 aliphatic carbocycles. The standard InChI is InChI=1S/C15H16N4.C14H12Cl2N2.C13H12N2/c16-14(17)11-18-15(12-7-3-1-4-8-12)19-13-9-5-2-6-10-13;1-10(17-13-6-2-11(15)3-7-13)18-14-8-4-12(16)5-9-14;14-13(11-7-3-1-4-8-11)15-12-9-5-2-6-10-12/h1-10H,11H2,(H3,16,17)(H,18,19);2-9H,1H3,(H,17,18);1-10H,(H2,14,15). The lowest BCUT2D eigenvalue weighted by atomic mass is 10.2. The van der Waals surface area contributed by atoms with E-state index in [4.69, 9.17) is 40.1 Å². The normalized spacial score (nSPS) is 11.2. The first kappa shape index (κ1) is 38.6. The molecular formula is C42H40Cl2N8. The van der Waals surface area contributed by atoms with Crippen molar-refractivity contribution in [1.82, 2.24) is 0 Å². The lowest BCUT2D eigenvalue weighted by molar-refractivity contribution is 1.22. The molecule has 6 rings (SSSR count). The van der Waals surface area contributed by atoms with Gasteiger partial charge in [0.2, 0.25) is 0 Å². The van der Waals surface area contributed by atoms with Crippen molar-refractivity contribution in [2.45, 2.75) is 6.92 Å². The van der Waals surface area contributed by atoms with E-state index in [0.29, 0.717) is 21.7 Å². The van der Waals surface area contributed by atoms with E-state index in [1.54, 1.807) is 0 Å². The predicted molar refractivity (Wildman–Crippen MR) is 222 cm³/mol. The molecule has 0 spiro atoms. The van der Waals surface area contributed by atoms with Gasteiger partial charge in [-0.1, -0.05) is 120 Å². The molecule has 0 bridgehead atoms. The van der Waals surface area contributed by atoms with Crippen LogP contribution < -0.4 is 22.1 Å². The molecular weight excluding hydrogens is 687 g/mol. The van der Waals surface area contributed by atoms with E-state index in [1.165, 1.54) is 0 Å². The van der Waals surface area contributed by atoms with Gasteiger partial charge in [-0.05, 0) is 79.7 Å². The Morgan fingerprint density at radius 1 is 0.538 bits per heavy atom. The number of rotatable bonds is 8. The Morgan fingerprint density at radius 3 is 1.52 bits per heavy atom. The smallest absolute Gasteiger partial charge is 0.133 e. The molecule has 6 aromatic rings. The molecule has 0 aromatic heterocycles. The number of nitrogens with one attached hydrogen (secondary N) is 3. The largest absolute Gasteiger partial charge is 0.386 e. The number of benzene rings is 6. The fourth-order valence-corrected chi connectivity index (χ4v) is 4.67. The van der Waals surface area contributed by atoms with E-state index >= 15 is 0 Å². The van der Waals surface area contributed by atoms with Gasteiger partial charge in [-0.2, -0.15) is 0 Å². The van der Waals surface area contributed by atoms with Crippen LogP contribution in [-0.2, 0) is 0 Å². The Hall–Kier alpha value is -6.22. The first-order valence-electron chi connectivity index (χ1n) is 16.3. The van der Waals surface area contributed by atoms with E-state index in [-0.39, 0.29) is 12.4 Å². The number of halogens is 2. The highest BCUT2D eigenvalue weighted by molar-refractivity contribution is 6.31. The minimum atomic E-state index is 0.0447. The van der Waals surface area contributed by atoms with Crippen molar-refractivity contribution >= 4 is 69.3 Å². The topological polar surface area (TPSA) is 137 Å². The summed E-state index contributed by atoms with van der Waals surface area (Å²) < 4.78 is 0. The fraction of sp³-hybridized carbons (Fsp3) is 0.0476. The zero-order valence-corrected chi connectivity index (χ0v) is 30.1. The molecule has 0 saturated carbocycles. The Labute approximate surface area is 315 Å². The van der Waals surface area contributed by atoms with E-state index in [2.05, 4.69) is 25.6 Å². The number of hydrogen-bond donors (Lipinski definition) is 5. The van der Waals surface area contributed by atoms with E-state index < -0.39 is 0 Å². The van der Waals surface area contributed by atoms with Crippen LogP contribution in [0.2, 0.25) is 10.0 Å². The Morgan fingerprint density at radius 2 is 0.981 bits per heavy atom. The van der Waals surface area contributed by atoms with Crippen LogP contribution in [0.3, 0.4) is 0 Å². The molecule has 0 saturated heterocycles. The van der Waals surface area contributed by atoms with Crippen LogP contribution in [0.15, 0.2) is 185 Å². The van der Waals surface area contributed by atoms with Crippen LogP contribution >= 0.6 is 23.2 Å². The number of hydrogen-bond acceptors (Lipinski definition) is 4. The molecule has 8 nitrogen and oxygen atoms in total. The molecule has 0 radical (unpaired) electrons. The summed E-state index contributed by atoms with van der Waals surface area (Å²) in [5, 5.41) is 15.1. The predicted octanol–water partition coefficient (Wildman–Crippen LogP) is 10.4. The Bertz CT molecular complexity index is 2040. The molecule has 0 aliphatic rings. The van der Waals surface area contributed by atoms with Crippen molar-refractivity contribution in [3.63, 3.8) is 0 Å². The number of para-hydroxylation sites is 2. The number of nitrogens with zero attached hydrogens (tertiary/aromatic N) is 3. The quantitative estimate of drug-likeness (QED) is 0.0787. The minimum Gasteiger partial charge on any atom is -0.386 e. The maximum Gasteiger partial charge on any atom is 0.133 e. The maximum atomic E-state index is 7.27. The third kappa shape index (κ3) is 14.3. The highest BCUT2D eigenvalue weighted by atomic mass is 35.5. The third-order valence-corrected chi connectivity index (χ3v) is 7.36. The molecule has 52 heavy (non-hydrogen) atoms. The molecule has 0 fully saturated rings. The minimum absolute atomic E-state index is 0.0447. The summed E-state index contributed by atoms with van der Waals surface area (Å²) in [7, 11) is 0. The molecule has 0 aliphatic heterocycles. The number of aliphatic imine (C=N–C) groups is 3. The van der Waals surface area contributed by atoms with Gasteiger partial charge in [0.05, 0.1) is 17.9 Å². The highest BCUT2D eigenvalue weighted by Crippen LogP contribution is 2.18. The van der Waals surface area contributed by atoms with Crippen molar-refractivity contribution in [3.8, 4) is 0 Å². The SMILES string of the molecule is CC(=Nc1ccc(Cl)cc1)Nc1ccc(Cl)cc1.N=C(N)CN=C(Nc1ccccc1)c1ccccc1.NC(=Nc1ccccc1)c1ccccc1. The molecule has 6 aromatic carbocycles. The lowest BCUT2D eigenvalue weighted by Crippen LogP contribution is -2.19. The summed E-state index contributed by atoms with van der Waals surface area (Å²) in [6.07, 6.45) is 0. The van der Waals surface area contributed by atoms with Gasteiger partial charge in [0.15, 0.2) is 0 Å². The fourth-order valence-electron chi connectivity index (χ4n) is 4.42. The van der Waals surface area contributed by atoms with Gasteiger partial charge in [-0.15, -0.1) is 0 Å². The zero-order valence-electron chi connectivity index (χ0n) is 28.6. The van der Waals surface area contributed by atoms with E-state index in [0.717, 1.165) is 39.7 Å². The molecule has 0 atom stereocenters. The van der Waals surface area contributed by atoms with Crippen molar-refractivity contribution < 1.29 is 0 Å². The van der Waals surface area contributed by atoms with Crippen LogP contribution in [0, 0.1) is 5.41 Å². The monoisotopic (exact) mass is 726 g/mol. The molecule has 0 heterocycles. The van der Waals surface area contributed by atoms with Crippen LogP contribution in [-0.4, -0.2) is 29.9 Å². The highest BCUT2D eigenvalue weighted by Gasteiger charge is 2.03. The molecule has 7 N–H and O–H groups in total. The second-order valence-electron chi connectivity index (χ2n) is 11.1. The Balaban J connectivity index is 0.000000176. The zero-order chi connectivity index (χ0) is 37.0. The average molecular weight is 728 g/mol. The number of amidine groups is 4. The van der Waals surface area contributed by atoms with Crippen LogP contribution in [0.5, 0.6) is 0 Å². The summed E-state index contributed by atoms with van der Waals surface area (Å²) in [5.74, 6) is 2.10. The van der Waals surface area contributed by atoms with E-state index in [1.807, 2.05) is 177 Å². The van der Waals surface area contributed by atoms with Gasteiger partial charge in [0.25, 0.3) is 0 Å². The van der Waals surface area contributed by atoms with Crippen molar-refractivity contribution in [2.24, 2.45) is 26.4 Å². The molecule has 0 amide bonds. The van der Waals surface area contributed by atoms with Gasteiger partial charge in [-0.25, -0.2) is 9.98 Å². The second-order valence-corrected chi connectivity index (χ2v) is 11.9. The van der Waals surface area contributed by atoms with Crippen molar-refractivity contribution in [2.75, 3.05) is 17.2 Å². The Kier molecular flexibility index (Phi) is 15.7. The van der Waals surface area contributed by atoms with Crippen LogP contribution in [0.25, 0.3) is 0 Å². The first-order chi connectivity index (χ1) is 25.2. The average Bonchev–Trinajstić information content (AvgIpc) is 3.17. The third-order valence-electron chi connectivity index (χ3n) is 6.86. The summed E-state index contributed by atoms with van der Waals surface area (Å²) in [4.78, 5) is 13.1. The van der Waals surface area contributed by atoms with Crippen molar-refractivity contribution in [3.05, 3.63) is 191 Å². The van der Waals surface area contributed by atoms with Crippen LogP contribution in [0.1, 0.15) is 18.1 Å². The van der Waals surface area contributed by atoms with Gasteiger partial charge in [0.1, 0.15) is 23.3 Å². The van der Waals surface area contributed by atoms with Gasteiger partial charge in [0, 0.05) is 32.5 Å². The first-order valence-corrected chi connectivity index (χ1v) is 17.0. The summed E-state index contributed by atoms with van der Waals surface area (Å²) in [5.41, 5.74) is 16.8. The van der Waals surface area contributed by atoms with Gasteiger partial charge >= 0.3 is 0 Å². The summed E-state index contributed by atoms with van der Waals surface area (Å²) in [6, 6.07) is 53.9. The molecule has 10 heteroatoms. The summed E-state index contributed by atoms with van der Waals surface area (Å²) >= 11 is 11.6. The van der Waals surface area contributed by atoms with Crippen LogP contribution in [0.4, 0.5) is 22.7 Å². The molecule has 262 valence electrons. The number of anilines is 2. The molecule has 0 unspecified atom stereocenters.